The number of halogens is 2. The third kappa shape index (κ3) is 4.99. The molecule has 0 bridgehead atoms. The van der Waals surface area contributed by atoms with Crippen LogP contribution in [0.4, 0.5) is 10.1 Å². The highest BCUT2D eigenvalue weighted by molar-refractivity contribution is 6.21. The number of alkyl halides is 1. The van der Waals surface area contributed by atoms with Gasteiger partial charge in [-0.05, 0) is 74.1 Å². The SMILES string of the molecule is CCN1CCC(C(Cl)c2ccc3c(c2)NCC3)CC1.Fc1ccccc1. The molecule has 4 heteroatoms. The summed E-state index contributed by atoms with van der Waals surface area (Å²) < 4.78 is 11.9. The fraction of sp³-hybridized carbons (Fsp3) is 0.455. The van der Waals surface area contributed by atoms with E-state index in [1.54, 1.807) is 18.2 Å². The van der Waals surface area contributed by atoms with E-state index in [-0.39, 0.29) is 11.2 Å². The van der Waals surface area contributed by atoms with E-state index in [2.05, 4.69) is 35.3 Å². The summed E-state index contributed by atoms with van der Waals surface area (Å²) in [6.45, 7) is 6.88. The molecular weight excluding hydrogens is 347 g/mol. The predicted octanol–water partition coefficient (Wildman–Crippen LogP) is 5.49. The van der Waals surface area contributed by atoms with Gasteiger partial charge in [0.25, 0.3) is 0 Å². The summed E-state index contributed by atoms with van der Waals surface area (Å²) in [5.74, 6) is 0.450. The van der Waals surface area contributed by atoms with Gasteiger partial charge in [-0.1, -0.05) is 37.3 Å². The van der Waals surface area contributed by atoms with Gasteiger partial charge in [-0.25, -0.2) is 4.39 Å². The van der Waals surface area contributed by atoms with Crippen LogP contribution in [0.2, 0.25) is 0 Å². The van der Waals surface area contributed by atoms with Crippen LogP contribution in [0.1, 0.15) is 36.3 Å². The first-order valence-corrected chi connectivity index (χ1v) is 10.0. The molecule has 4 rings (SSSR count). The van der Waals surface area contributed by atoms with Crippen LogP contribution in [0, 0.1) is 11.7 Å². The van der Waals surface area contributed by atoms with Crippen LogP contribution in [-0.4, -0.2) is 31.1 Å². The molecule has 0 radical (unpaired) electrons. The molecule has 0 aliphatic carbocycles. The number of hydrogen-bond acceptors (Lipinski definition) is 2. The third-order valence-electron chi connectivity index (χ3n) is 5.39. The molecule has 1 fully saturated rings. The van der Waals surface area contributed by atoms with Crippen LogP contribution < -0.4 is 5.32 Å². The number of likely N-dealkylation sites (tertiary alicyclic amines) is 1. The number of piperidine rings is 1. The summed E-state index contributed by atoms with van der Waals surface area (Å²) in [5, 5.41) is 3.62. The van der Waals surface area contributed by atoms with Crippen LogP contribution in [0.3, 0.4) is 0 Å². The van der Waals surface area contributed by atoms with Gasteiger partial charge in [-0.2, -0.15) is 0 Å². The topological polar surface area (TPSA) is 15.3 Å². The lowest BCUT2D eigenvalue weighted by Crippen LogP contribution is -2.34. The maximum atomic E-state index is 11.9. The van der Waals surface area contributed by atoms with Gasteiger partial charge in [0, 0.05) is 12.2 Å². The maximum absolute atomic E-state index is 11.9. The molecule has 2 aliphatic rings. The maximum Gasteiger partial charge on any atom is 0.123 e. The second-order valence-electron chi connectivity index (χ2n) is 7.06. The summed E-state index contributed by atoms with van der Waals surface area (Å²) >= 11 is 6.73. The molecule has 1 saturated heterocycles. The van der Waals surface area contributed by atoms with Crippen LogP contribution in [-0.2, 0) is 6.42 Å². The number of nitrogens with one attached hydrogen (secondary N) is 1. The molecule has 0 aromatic heterocycles. The molecule has 140 valence electrons. The van der Waals surface area contributed by atoms with E-state index < -0.39 is 0 Å². The van der Waals surface area contributed by atoms with Crippen molar-refractivity contribution in [2.24, 2.45) is 5.92 Å². The van der Waals surface area contributed by atoms with Crippen LogP contribution >= 0.6 is 11.6 Å². The summed E-state index contributed by atoms with van der Waals surface area (Å²) in [6.07, 6.45) is 3.61. The summed E-state index contributed by atoms with van der Waals surface area (Å²) in [4.78, 5) is 2.52. The highest BCUT2D eigenvalue weighted by Gasteiger charge is 2.26. The van der Waals surface area contributed by atoms with E-state index in [9.17, 15) is 4.39 Å². The number of nitrogens with zero attached hydrogens (tertiary/aromatic N) is 1. The Labute approximate surface area is 161 Å². The first kappa shape index (κ1) is 19.2. The number of fused-ring (bicyclic) bond motifs is 1. The minimum Gasteiger partial charge on any atom is -0.384 e. The van der Waals surface area contributed by atoms with E-state index in [1.165, 1.54) is 61.4 Å². The normalized spacial score (nSPS) is 18.4. The van der Waals surface area contributed by atoms with Crippen molar-refractivity contribution in [1.29, 1.82) is 0 Å². The van der Waals surface area contributed by atoms with E-state index in [1.807, 2.05) is 0 Å². The Morgan fingerprint density at radius 1 is 1.15 bits per heavy atom. The van der Waals surface area contributed by atoms with Gasteiger partial charge in [0.2, 0.25) is 0 Å². The molecular formula is C22H28ClFN2. The lowest BCUT2D eigenvalue weighted by atomic mass is 9.89. The highest BCUT2D eigenvalue weighted by atomic mass is 35.5. The molecule has 2 heterocycles. The lowest BCUT2D eigenvalue weighted by Gasteiger charge is -2.33. The summed E-state index contributed by atoms with van der Waals surface area (Å²) in [7, 11) is 0. The van der Waals surface area contributed by atoms with Crippen molar-refractivity contribution in [2.45, 2.75) is 31.6 Å². The van der Waals surface area contributed by atoms with Gasteiger partial charge >= 0.3 is 0 Å². The van der Waals surface area contributed by atoms with Gasteiger partial charge in [0.1, 0.15) is 5.82 Å². The molecule has 26 heavy (non-hydrogen) atoms. The molecule has 2 nitrogen and oxygen atoms in total. The Morgan fingerprint density at radius 2 is 1.88 bits per heavy atom. The second-order valence-corrected chi connectivity index (χ2v) is 7.53. The van der Waals surface area contributed by atoms with Gasteiger partial charge in [0.05, 0.1) is 5.38 Å². The molecule has 1 atom stereocenters. The zero-order valence-corrected chi connectivity index (χ0v) is 16.2. The molecule has 2 aliphatic heterocycles. The number of hydrogen-bond donors (Lipinski definition) is 1. The fourth-order valence-corrected chi connectivity index (χ4v) is 4.12. The number of anilines is 1. The number of benzene rings is 2. The van der Waals surface area contributed by atoms with Gasteiger partial charge in [-0.3, -0.25) is 0 Å². The van der Waals surface area contributed by atoms with Gasteiger partial charge in [-0.15, -0.1) is 11.6 Å². The van der Waals surface area contributed by atoms with Gasteiger partial charge in [0.15, 0.2) is 0 Å². The first-order valence-electron chi connectivity index (χ1n) is 9.61. The summed E-state index contributed by atoms with van der Waals surface area (Å²) in [6, 6.07) is 14.7. The Bertz CT molecular complexity index is 684. The van der Waals surface area contributed by atoms with E-state index in [4.69, 9.17) is 11.6 Å². The minimum atomic E-state index is -0.178. The molecule has 0 saturated carbocycles. The Balaban J connectivity index is 0.000000236. The van der Waals surface area contributed by atoms with Crippen molar-refractivity contribution in [2.75, 3.05) is 31.5 Å². The standard InChI is InChI=1S/C16H23ClN2.C6H5F/c1-2-19-9-6-13(7-10-19)16(17)14-4-3-12-5-8-18-15(12)11-14;7-6-4-2-1-3-5-6/h3-4,11,13,16,18H,2,5-10H2,1H3;1-5H. The van der Waals surface area contributed by atoms with Crippen molar-refractivity contribution >= 4 is 17.3 Å². The molecule has 0 spiro atoms. The predicted molar refractivity (Wildman–Crippen MR) is 108 cm³/mol. The first-order chi connectivity index (χ1) is 12.7. The van der Waals surface area contributed by atoms with Crippen molar-refractivity contribution in [3.63, 3.8) is 0 Å². The molecule has 2 aromatic carbocycles. The Morgan fingerprint density at radius 3 is 2.50 bits per heavy atom. The zero-order chi connectivity index (χ0) is 18.4. The fourth-order valence-electron chi connectivity index (χ4n) is 3.73. The number of rotatable bonds is 3. The van der Waals surface area contributed by atoms with Crippen molar-refractivity contribution < 1.29 is 4.39 Å². The molecule has 1 N–H and O–H groups in total. The Kier molecular flexibility index (Phi) is 6.93. The van der Waals surface area contributed by atoms with Crippen molar-refractivity contribution in [3.05, 3.63) is 65.5 Å². The van der Waals surface area contributed by atoms with E-state index in [0.717, 1.165) is 13.0 Å². The van der Waals surface area contributed by atoms with E-state index >= 15 is 0 Å². The minimum absolute atomic E-state index is 0.173. The largest absolute Gasteiger partial charge is 0.384 e. The van der Waals surface area contributed by atoms with Crippen molar-refractivity contribution in [3.8, 4) is 0 Å². The average Bonchev–Trinajstić information content (AvgIpc) is 3.16. The highest BCUT2D eigenvalue weighted by Crippen LogP contribution is 2.38. The van der Waals surface area contributed by atoms with Crippen molar-refractivity contribution in [1.82, 2.24) is 4.90 Å². The average molecular weight is 375 g/mol. The van der Waals surface area contributed by atoms with Crippen LogP contribution in [0.5, 0.6) is 0 Å². The van der Waals surface area contributed by atoms with Crippen LogP contribution in [0.15, 0.2) is 48.5 Å². The van der Waals surface area contributed by atoms with E-state index in [0.29, 0.717) is 5.92 Å². The van der Waals surface area contributed by atoms with Crippen LogP contribution in [0.25, 0.3) is 0 Å². The Hall–Kier alpha value is -1.58. The quantitative estimate of drug-likeness (QED) is 0.714. The molecule has 2 aromatic rings. The second kappa shape index (κ2) is 9.38. The molecule has 1 unspecified atom stereocenters. The zero-order valence-electron chi connectivity index (χ0n) is 15.4. The summed E-state index contributed by atoms with van der Waals surface area (Å²) in [5.41, 5.74) is 4.03. The molecule has 0 amide bonds. The third-order valence-corrected chi connectivity index (χ3v) is 6.00. The van der Waals surface area contributed by atoms with Gasteiger partial charge < -0.3 is 10.2 Å². The smallest absolute Gasteiger partial charge is 0.123 e. The monoisotopic (exact) mass is 374 g/mol. The lowest BCUT2D eigenvalue weighted by molar-refractivity contribution is 0.189.